The summed E-state index contributed by atoms with van der Waals surface area (Å²) in [6, 6.07) is 19.2. The molecular formula is C23H21N3O5. The summed E-state index contributed by atoms with van der Waals surface area (Å²) in [5.74, 6) is -0.862. The Morgan fingerprint density at radius 1 is 1.10 bits per heavy atom. The highest BCUT2D eigenvalue weighted by atomic mass is 16.6. The topological polar surface area (TPSA) is 91.7 Å². The van der Waals surface area contributed by atoms with Crippen molar-refractivity contribution in [3.8, 4) is 16.9 Å². The van der Waals surface area contributed by atoms with Crippen molar-refractivity contribution in [1.29, 1.82) is 0 Å². The van der Waals surface area contributed by atoms with Crippen molar-refractivity contribution in [2.75, 3.05) is 25.1 Å². The van der Waals surface area contributed by atoms with Gasteiger partial charge in [-0.05, 0) is 19.1 Å². The number of carbonyl (C=O) groups excluding carboxylic acids is 2. The van der Waals surface area contributed by atoms with Gasteiger partial charge in [-0.15, -0.1) is 0 Å². The van der Waals surface area contributed by atoms with Crippen LogP contribution in [0.25, 0.3) is 16.9 Å². The van der Waals surface area contributed by atoms with Crippen molar-refractivity contribution in [1.82, 2.24) is 9.78 Å². The maximum atomic E-state index is 12.5. The number of benzene rings is 2. The van der Waals surface area contributed by atoms with Gasteiger partial charge < -0.3 is 19.5 Å². The van der Waals surface area contributed by atoms with E-state index in [1.54, 1.807) is 10.7 Å². The van der Waals surface area contributed by atoms with Crippen LogP contribution in [0, 0.1) is 6.92 Å². The van der Waals surface area contributed by atoms with Gasteiger partial charge in [0.2, 0.25) is 5.76 Å². The Balaban J connectivity index is 1.52. The van der Waals surface area contributed by atoms with Gasteiger partial charge in [0.25, 0.3) is 5.91 Å². The van der Waals surface area contributed by atoms with E-state index in [0.717, 1.165) is 16.8 Å². The Morgan fingerprint density at radius 2 is 1.87 bits per heavy atom. The zero-order valence-electron chi connectivity index (χ0n) is 16.9. The Morgan fingerprint density at radius 3 is 2.58 bits per heavy atom. The lowest BCUT2D eigenvalue weighted by atomic mass is 10.1. The zero-order chi connectivity index (χ0) is 21.6. The fourth-order valence-corrected chi connectivity index (χ4v) is 2.96. The van der Waals surface area contributed by atoms with Crippen LogP contribution in [0.4, 0.5) is 5.82 Å². The van der Waals surface area contributed by atoms with Gasteiger partial charge in [0, 0.05) is 11.6 Å². The molecule has 2 aromatic carbocycles. The van der Waals surface area contributed by atoms with Crippen molar-refractivity contribution >= 4 is 17.7 Å². The molecular weight excluding hydrogens is 398 g/mol. The molecule has 0 unspecified atom stereocenters. The minimum Gasteiger partial charge on any atom is -0.493 e. The van der Waals surface area contributed by atoms with E-state index in [4.69, 9.17) is 14.2 Å². The number of hydrogen-bond donors (Lipinski definition) is 1. The number of nitrogens with zero attached hydrogens (tertiary/aromatic N) is 2. The number of amides is 1. The van der Waals surface area contributed by atoms with Crippen molar-refractivity contribution in [2.45, 2.75) is 6.92 Å². The van der Waals surface area contributed by atoms with E-state index in [2.05, 4.69) is 10.4 Å². The zero-order valence-corrected chi connectivity index (χ0v) is 16.9. The van der Waals surface area contributed by atoms with Crippen LogP contribution in [-0.2, 0) is 23.8 Å². The summed E-state index contributed by atoms with van der Waals surface area (Å²) in [5, 5.41) is 7.41. The Kier molecular flexibility index (Phi) is 5.98. The van der Waals surface area contributed by atoms with E-state index in [1.807, 2.05) is 61.5 Å². The van der Waals surface area contributed by atoms with Crippen LogP contribution in [-0.4, -0.2) is 41.5 Å². The molecule has 1 N–H and O–H groups in total. The predicted octanol–water partition coefficient (Wildman–Crippen LogP) is 3.22. The molecule has 2 heterocycles. The first-order valence-electron chi connectivity index (χ1n) is 9.74. The van der Waals surface area contributed by atoms with Gasteiger partial charge in [0.15, 0.2) is 6.61 Å². The van der Waals surface area contributed by atoms with Crippen LogP contribution in [0.5, 0.6) is 0 Å². The van der Waals surface area contributed by atoms with Crippen molar-refractivity contribution in [2.24, 2.45) is 0 Å². The molecule has 0 radical (unpaired) electrons. The fourth-order valence-electron chi connectivity index (χ4n) is 2.96. The summed E-state index contributed by atoms with van der Waals surface area (Å²) in [6.07, 6.45) is 1.18. The summed E-state index contributed by atoms with van der Waals surface area (Å²) < 4.78 is 16.8. The first kappa shape index (κ1) is 20.2. The van der Waals surface area contributed by atoms with E-state index in [1.165, 1.54) is 6.26 Å². The third-order valence-corrected chi connectivity index (χ3v) is 4.51. The van der Waals surface area contributed by atoms with E-state index in [9.17, 15) is 9.59 Å². The van der Waals surface area contributed by atoms with Crippen molar-refractivity contribution in [3.05, 3.63) is 78.2 Å². The molecule has 1 aliphatic rings. The molecule has 1 amide bonds. The minimum atomic E-state index is -0.758. The molecule has 8 nitrogen and oxygen atoms in total. The minimum absolute atomic E-state index is 0.0602. The lowest BCUT2D eigenvalue weighted by Gasteiger charge is -2.14. The second kappa shape index (κ2) is 9.17. The first-order chi connectivity index (χ1) is 15.1. The Hall–Kier alpha value is -4.07. The van der Waals surface area contributed by atoms with Crippen LogP contribution in [0.3, 0.4) is 0 Å². The molecule has 1 aromatic heterocycles. The number of nitrogens with one attached hydrogen (secondary N) is 1. The molecule has 0 saturated carbocycles. The van der Waals surface area contributed by atoms with Gasteiger partial charge in [0.1, 0.15) is 25.3 Å². The van der Waals surface area contributed by atoms with E-state index >= 15 is 0 Å². The van der Waals surface area contributed by atoms with Crippen LogP contribution < -0.4 is 5.32 Å². The summed E-state index contributed by atoms with van der Waals surface area (Å²) in [4.78, 5) is 24.4. The SMILES string of the molecule is Cc1ccc(-c2cc(NC(=O)COC(=O)C3=COCCO3)n(-c3ccccc3)n2)cc1. The molecule has 0 aliphatic carbocycles. The second-order valence-electron chi connectivity index (χ2n) is 6.85. The van der Waals surface area contributed by atoms with Gasteiger partial charge in [-0.1, -0.05) is 48.0 Å². The summed E-state index contributed by atoms with van der Waals surface area (Å²) >= 11 is 0. The van der Waals surface area contributed by atoms with E-state index in [0.29, 0.717) is 18.1 Å². The lowest BCUT2D eigenvalue weighted by molar-refractivity contribution is -0.148. The van der Waals surface area contributed by atoms with Gasteiger partial charge in [-0.2, -0.15) is 5.10 Å². The van der Waals surface area contributed by atoms with Gasteiger partial charge in [-0.25, -0.2) is 9.48 Å². The van der Waals surface area contributed by atoms with Crippen molar-refractivity contribution < 1.29 is 23.8 Å². The number of ether oxygens (including phenoxy) is 3. The summed E-state index contributed by atoms with van der Waals surface area (Å²) in [5.41, 5.74) is 3.55. The Bertz CT molecular complexity index is 1100. The molecule has 0 fully saturated rings. The summed E-state index contributed by atoms with van der Waals surface area (Å²) in [6.45, 7) is 2.16. The van der Waals surface area contributed by atoms with Crippen LogP contribution in [0.15, 0.2) is 72.7 Å². The molecule has 4 rings (SSSR count). The van der Waals surface area contributed by atoms with Crippen molar-refractivity contribution in [3.63, 3.8) is 0 Å². The van der Waals surface area contributed by atoms with Gasteiger partial charge in [0.05, 0.1) is 11.4 Å². The molecule has 0 bridgehead atoms. The average Bonchev–Trinajstić information content (AvgIpc) is 3.22. The maximum absolute atomic E-state index is 12.5. The molecule has 31 heavy (non-hydrogen) atoms. The molecule has 0 spiro atoms. The normalized spacial score (nSPS) is 12.9. The monoisotopic (exact) mass is 419 g/mol. The lowest BCUT2D eigenvalue weighted by Crippen LogP contribution is -2.24. The van der Waals surface area contributed by atoms with E-state index in [-0.39, 0.29) is 12.4 Å². The molecule has 8 heteroatoms. The van der Waals surface area contributed by atoms with Crippen LogP contribution >= 0.6 is 0 Å². The quantitative estimate of drug-likeness (QED) is 0.617. The molecule has 158 valence electrons. The largest absolute Gasteiger partial charge is 0.493 e. The fraction of sp³-hybridized carbons (Fsp3) is 0.174. The molecule has 0 atom stereocenters. The maximum Gasteiger partial charge on any atom is 0.377 e. The standard InChI is InChI=1S/C23H21N3O5/c1-16-7-9-17(10-8-16)19-13-21(26(25-19)18-5-3-2-4-6-18)24-22(27)15-31-23(28)20-14-29-11-12-30-20/h2-10,13-14H,11-12,15H2,1H3,(H,24,27). The molecule has 0 saturated heterocycles. The predicted molar refractivity (Wildman–Crippen MR) is 113 cm³/mol. The molecule has 3 aromatic rings. The highest BCUT2D eigenvalue weighted by Crippen LogP contribution is 2.25. The van der Waals surface area contributed by atoms with Crippen LogP contribution in [0.1, 0.15) is 5.56 Å². The number of rotatable bonds is 6. The number of carbonyl (C=O) groups is 2. The third-order valence-electron chi connectivity index (χ3n) is 4.51. The number of para-hydroxylation sites is 1. The second-order valence-corrected chi connectivity index (χ2v) is 6.85. The smallest absolute Gasteiger partial charge is 0.377 e. The van der Waals surface area contributed by atoms with Gasteiger partial charge >= 0.3 is 5.97 Å². The summed E-state index contributed by atoms with van der Waals surface area (Å²) in [7, 11) is 0. The number of aromatic nitrogens is 2. The van der Waals surface area contributed by atoms with Gasteiger partial charge in [-0.3, -0.25) is 4.79 Å². The van der Waals surface area contributed by atoms with E-state index < -0.39 is 18.5 Å². The third kappa shape index (κ3) is 4.92. The number of anilines is 1. The first-order valence-corrected chi connectivity index (χ1v) is 9.74. The number of aryl methyl sites for hydroxylation is 1. The highest BCUT2D eigenvalue weighted by molar-refractivity contribution is 5.94. The number of hydrogen-bond acceptors (Lipinski definition) is 6. The average molecular weight is 419 g/mol. The number of esters is 1. The Labute approximate surface area is 179 Å². The molecule has 1 aliphatic heterocycles. The van der Waals surface area contributed by atoms with Crippen LogP contribution in [0.2, 0.25) is 0 Å². The highest BCUT2D eigenvalue weighted by Gasteiger charge is 2.19.